The van der Waals surface area contributed by atoms with E-state index in [1.54, 1.807) is 18.2 Å². The first kappa shape index (κ1) is 14.9. The SMILES string of the molecule is COc1cccc(CC(O)c2snnc2C(C)C)c1F. The molecule has 2 aromatic rings. The van der Waals surface area contributed by atoms with Crippen molar-refractivity contribution in [1.29, 1.82) is 0 Å². The van der Waals surface area contributed by atoms with Crippen molar-refractivity contribution >= 4 is 11.5 Å². The van der Waals surface area contributed by atoms with Crippen molar-refractivity contribution in [2.75, 3.05) is 7.11 Å². The molecule has 0 aliphatic heterocycles. The zero-order valence-electron chi connectivity index (χ0n) is 11.6. The number of halogens is 1. The van der Waals surface area contributed by atoms with Gasteiger partial charge in [0.2, 0.25) is 0 Å². The molecule has 0 bridgehead atoms. The van der Waals surface area contributed by atoms with E-state index in [1.807, 2.05) is 13.8 Å². The van der Waals surface area contributed by atoms with Crippen molar-refractivity contribution in [3.8, 4) is 5.75 Å². The molecule has 0 fully saturated rings. The summed E-state index contributed by atoms with van der Waals surface area (Å²) in [5, 5.41) is 14.3. The number of aliphatic hydroxyl groups excluding tert-OH is 1. The molecule has 2 rings (SSSR count). The van der Waals surface area contributed by atoms with Crippen LogP contribution >= 0.6 is 11.5 Å². The van der Waals surface area contributed by atoms with E-state index in [0.29, 0.717) is 10.4 Å². The molecule has 1 aromatic carbocycles. The first-order chi connectivity index (χ1) is 9.54. The second kappa shape index (κ2) is 6.28. The predicted molar refractivity (Wildman–Crippen MR) is 75.6 cm³/mol. The zero-order valence-corrected chi connectivity index (χ0v) is 12.4. The molecule has 1 unspecified atom stereocenters. The molecule has 0 radical (unpaired) electrons. The smallest absolute Gasteiger partial charge is 0.168 e. The van der Waals surface area contributed by atoms with Crippen LogP contribution in [0.1, 0.15) is 42.0 Å². The highest BCUT2D eigenvalue weighted by atomic mass is 32.1. The average molecular weight is 296 g/mol. The molecule has 0 saturated carbocycles. The fraction of sp³-hybridized carbons (Fsp3) is 0.429. The van der Waals surface area contributed by atoms with Crippen LogP contribution in [0.15, 0.2) is 18.2 Å². The zero-order chi connectivity index (χ0) is 14.7. The second-order valence-electron chi connectivity index (χ2n) is 4.83. The summed E-state index contributed by atoms with van der Waals surface area (Å²) in [6.45, 7) is 3.97. The highest BCUT2D eigenvalue weighted by molar-refractivity contribution is 7.05. The minimum atomic E-state index is -0.811. The molecule has 1 atom stereocenters. The third kappa shape index (κ3) is 2.96. The van der Waals surface area contributed by atoms with Gasteiger partial charge in [0.25, 0.3) is 0 Å². The van der Waals surface area contributed by atoms with Crippen molar-refractivity contribution in [1.82, 2.24) is 9.59 Å². The molecule has 0 aliphatic carbocycles. The highest BCUT2D eigenvalue weighted by Gasteiger charge is 2.21. The summed E-state index contributed by atoms with van der Waals surface area (Å²) in [6, 6.07) is 4.90. The van der Waals surface area contributed by atoms with Gasteiger partial charge in [-0.05, 0) is 29.1 Å². The Morgan fingerprint density at radius 1 is 1.40 bits per heavy atom. The minimum absolute atomic E-state index is 0.173. The van der Waals surface area contributed by atoms with Gasteiger partial charge in [-0.25, -0.2) is 4.39 Å². The lowest BCUT2D eigenvalue weighted by atomic mass is 10.0. The second-order valence-corrected chi connectivity index (χ2v) is 5.62. The van der Waals surface area contributed by atoms with Gasteiger partial charge in [-0.3, -0.25) is 0 Å². The topological polar surface area (TPSA) is 55.2 Å². The normalized spacial score (nSPS) is 12.7. The molecule has 0 aliphatic rings. The van der Waals surface area contributed by atoms with Crippen LogP contribution in [0.3, 0.4) is 0 Å². The number of hydrogen-bond acceptors (Lipinski definition) is 5. The molecular formula is C14H17FN2O2S. The maximum atomic E-state index is 14.1. The number of methoxy groups -OCH3 is 1. The summed E-state index contributed by atoms with van der Waals surface area (Å²) < 4.78 is 22.9. The summed E-state index contributed by atoms with van der Waals surface area (Å²) in [5.74, 6) is -0.0765. The monoisotopic (exact) mass is 296 g/mol. The predicted octanol–water partition coefficient (Wildman–Crippen LogP) is 3.09. The highest BCUT2D eigenvalue weighted by Crippen LogP contribution is 2.30. The Hall–Kier alpha value is -1.53. The number of nitrogens with zero attached hydrogens (tertiary/aromatic N) is 2. The van der Waals surface area contributed by atoms with E-state index in [-0.39, 0.29) is 18.1 Å². The lowest BCUT2D eigenvalue weighted by Crippen LogP contribution is -2.06. The molecule has 6 heteroatoms. The van der Waals surface area contributed by atoms with Crippen LogP contribution < -0.4 is 4.74 Å². The number of rotatable bonds is 5. The lowest BCUT2D eigenvalue weighted by Gasteiger charge is -2.13. The standard InChI is InChI=1S/C14H17FN2O2S/c1-8(2)13-14(20-17-16-13)10(18)7-9-5-4-6-11(19-3)12(9)15/h4-6,8,10,18H,7H2,1-3H3. The molecule has 1 heterocycles. The van der Waals surface area contributed by atoms with E-state index in [9.17, 15) is 9.50 Å². The fourth-order valence-corrected chi connectivity index (χ4v) is 2.80. The van der Waals surface area contributed by atoms with Crippen LogP contribution in [-0.4, -0.2) is 21.8 Å². The van der Waals surface area contributed by atoms with Crippen LogP contribution in [-0.2, 0) is 6.42 Å². The van der Waals surface area contributed by atoms with Gasteiger partial charge in [0, 0.05) is 6.42 Å². The number of ether oxygens (including phenoxy) is 1. The Morgan fingerprint density at radius 3 is 2.80 bits per heavy atom. The maximum Gasteiger partial charge on any atom is 0.168 e. The van der Waals surface area contributed by atoms with Gasteiger partial charge < -0.3 is 9.84 Å². The molecule has 1 N–H and O–H groups in total. The van der Waals surface area contributed by atoms with Gasteiger partial charge >= 0.3 is 0 Å². The largest absolute Gasteiger partial charge is 0.494 e. The average Bonchev–Trinajstić information content (AvgIpc) is 2.90. The molecule has 20 heavy (non-hydrogen) atoms. The maximum absolute atomic E-state index is 14.1. The van der Waals surface area contributed by atoms with Gasteiger partial charge in [0.1, 0.15) is 0 Å². The minimum Gasteiger partial charge on any atom is -0.494 e. The Morgan fingerprint density at radius 2 is 2.15 bits per heavy atom. The van der Waals surface area contributed by atoms with Crippen molar-refractivity contribution in [3.05, 3.63) is 40.2 Å². The van der Waals surface area contributed by atoms with Crippen molar-refractivity contribution in [2.45, 2.75) is 32.3 Å². The Labute approximate surface area is 121 Å². The van der Waals surface area contributed by atoms with Crippen molar-refractivity contribution in [3.63, 3.8) is 0 Å². The fourth-order valence-electron chi connectivity index (χ4n) is 2.01. The third-order valence-electron chi connectivity index (χ3n) is 3.07. The van der Waals surface area contributed by atoms with Crippen LogP contribution in [0.2, 0.25) is 0 Å². The van der Waals surface area contributed by atoms with Gasteiger partial charge in [-0.2, -0.15) is 0 Å². The molecular weight excluding hydrogens is 279 g/mol. The first-order valence-corrected chi connectivity index (χ1v) is 7.13. The summed E-state index contributed by atoms with van der Waals surface area (Å²) in [6.07, 6.45) is -0.638. The van der Waals surface area contributed by atoms with E-state index in [1.165, 1.54) is 7.11 Å². The van der Waals surface area contributed by atoms with Crippen LogP contribution in [0.4, 0.5) is 4.39 Å². The number of aliphatic hydroxyl groups is 1. The van der Waals surface area contributed by atoms with Gasteiger partial charge in [-0.15, -0.1) is 5.10 Å². The first-order valence-electron chi connectivity index (χ1n) is 6.36. The van der Waals surface area contributed by atoms with Crippen molar-refractivity contribution in [2.24, 2.45) is 0 Å². The molecule has 1 aromatic heterocycles. The van der Waals surface area contributed by atoms with E-state index in [0.717, 1.165) is 17.2 Å². The summed E-state index contributed by atoms with van der Waals surface area (Å²) in [7, 11) is 1.42. The third-order valence-corrected chi connectivity index (χ3v) is 3.91. The summed E-state index contributed by atoms with van der Waals surface area (Å²) in [5.41, 5.74) is 1.19. The lowest BCUT2D eigenvalue weighted by molar-refractivity contribution is 0.179. The van der Waals surface area contributed by atoms with Gasteiger partial charge in [0.05, 0.1) is 23.8 Å². The number of hydrogen-bond donors (Lipinski definition) is 1. The number of aromatic nitrogens is 2. The van der Waals surface area contributed by atoms with E-state index in [2.05, 4.69) is 9.59 Å². The van der Waals surface area contributed by atoms with E-state index < -0.39 is 11.9 Å². The molecule has 0 saturated heterocycles. The Kier molecular flexibility index (Phi) is 4.67. The Balaban J connectivity index is 2.23. The molecule has 4 nitrogen and oxygen atoms in total. The van der Waals surface area contributed by atoms with Crippen LogP contribution in [0.25, 0.3) is 0 Å². The molecule has 0 amide bonds. The van der Waals surface area contributed by atoms with E-state index in [4.69, 9.17) is 4.74 Å². The summed E-state index contributed by atoms with van der Waals surface area (Å²) >= 11 is 1.16. The van der Waals surface area contributed by atoms with Gasteiger partial charge in [0.15, 0.2) is 11.6 Å². The van der Waals surface area contributed by atoms with Crippen molar-refractivity contribution < 1.29 is 14.2 Å². The number of benzene rings is 1. The van der Waals surface area contributed by atoms with Crippen LogP contribution in [0, 0.1) is 5.82 Å². The van der Waals surface area contributed by atoms with Crippen LogP contribution in [0.5, 0.6) is 5.75 Å². The molecule has 0 spiro atoms. The Bertz CT molecular complexity index is 586. The summed E-state index contributed by atoms with van der Waals surface area (Å²) in [4.78, 5) is 0.696. The van der Waals surface area contributed by atoms with Gasteiger partial charge in [-0.1, -0.05) is 30.5 Å². The molecule has 108 valence electrons. The van der Waals surface area contributed by atoms with E-state index >= 15 is 0 Å². The quantitative estimate of drug-likeness (QED) is 0.921.